The summed E-state index contributed by atoms with van der Waals surface area (Å²) in [5.41, 5.74) is 4.91. The fraction of sp³-hybridized carbons (Fsp3) is 0.400. The van der Waals surface area contributed by atoms with E-state index < -0.39 is 6.10 Å². The number of nitrogens with zero attached hydrogens (tertiary/aromatic N) is 1. The van der Waals surface area contributed by atoms with Crippen LogP contribution in [0.1, 0.15) is 34.7 Å². The van der Waals surface area contributed by atoms with E-state index in [9.17, 15) is 5.11 Å². The van der Waals surface area contributed by atoms with Crippen molar-refractivity contribution in [1.29, 1.82) is 0 Å². The minimum absolute atomic E-state index is 0.514. The van der Waals surface area contributed by atoms with Crippen LogP contribution in [0.5, 0.6) is 5.75 Å². The number of benzene rings is 1. The maximum atomic E-state index is 9.77. The summed E-state index contributed by atoms with van der Waals surface area (Å²) >= 11 is 1.66. The van der Waals surface area contributed by atoms with Crippen molar-refractivity contribution in [2.24, 2.45) is 0 Å². The molecule has 0 aliphatic carbocycles. The number of thiazole rings is 1. The molecule has 4 heteroatoms. The predicted octanol–water partition coefficient (Wildman–Crippen LogP) is 3.43. The van der Waals surface area contributed by atoms with Gasteiger partial charge in [0.1, 0.15) is 5.75 Å². The van der Waals surface area contributed by atoms with Crippen molar-refractivity contribution in [3.63, 3.8) is 0 Å². The summed E-state index contributed by atoms with van der Waals surface area (Å²) in [6.07, 6.45) is 0.337. The van der Waals surface area contributed by atoms with Crippen LogP contribution in [0.25, 0.3) is 0 Å². The zero-order chi connectivity index (χ0) is 13.8. The van der Waals surface area contributed by atoms with Crippen LogP contribution in [0.15, 0.2) is 23.7 Å². The normalized spacial score (nSPS) is 12.4. The number of hydrogen-bond acceptors (Lipinski definition) is 4. The van der Waals surface area contributed by atoms with Gasteiger partial charge in [-0.3, -0.25) is 0 Å². The Morgan fingerprint density at radius 1 is 1.37 bits per heavy atom. The van der Waals surface area contributed by atoms with Gasteiger partial charge >= 0.3 is 0 Å². The summed E-state index contributed by atoms with van der Waals surface area (Å²) < 4.78 is 5.80. The maximum absolute atomic E-state index is 9.77. The second-order valence-corrected chi connectivity index (χ2v) is 5.62. The Kier molecular flexibility index (Phi) is 4.56. The highest BCUT2D eigenvalue weighted by molar-refractivity contribution is 7.09. The van der Waals surface area contributed by atoms with Crippen molar-refractivity contribution in [2.75, 3.05) is 6.61 Å². The average molecular weight is 277 g/mol. The molecule has 0 spiro atoms. The first-order valence-corrected chi connectivity index (χ1v) is 7.26. The van der Waals surface area contributed by atoms with E-state index in [1.807, 2.05) is 37.6 Å². The van der Waals surface area contributed by atoms with Crippen LogP contribution in [0.3, 0.4) is 0 Å². The molecule has 0 aliphatic heterocycles. The van der Waals surface area contributed by atoms with E-state index in [1.165, 1.54) is 4.88 Å². The standard InChI is InChI=1S/C15H19NO2S/c1-10-4-5-14(13(8-10)12(3)17)18-7-6-15-11(2)16-9-19-15/h4-5,8-9,12,17H,6-7H2,1-3H3/t12-/m0/s1. The third kappa shape index (κ3) is 3.55. The van der Waals surface area contributed by atoms with Crippen LogP contribution in [-0.4, -0.2) is 16.7 Å². The molecule has 0 bridgehead atoms. The van der Waals surface area contributed by atoms with E-state index >= 15 is 0 Å². The summed E-state index contributed by atoms with van der Waals surface area (Å²) in [5.74, 6) is 0.766. The van der Waals surface area contributed by atoms with Gasteiger partial charge in [-0.25, -0.2) is 4.98 Å². The highest BCUT2D eigenvalue weighted by Gasteiger charge is 2.10. The lowest BCUT2D eigenvalue weighted by molar-refractivity contribution is 0.191. The topological polar surface area (TPSA) is 42.4 Å². The molecule has 0 saturated heterocycles. The molecule has 19 heavy (non-hydrogen) atoms. The van der Waals surface area contributed by atoms with Crippen LogP contribution < -0.4 is 4.74 Å². The quantitative estimate of drug-likeness (QED) is 0.910. The zero-order valence-electron chi connectivity index (χ0n) is 11.5. The molecule has 1 atom stereocenters. The van der Waals surface area contributed by atoms with Crippen molar-refractivity contribution in [3.05, 3.63) is 45.4 Å². The molecule has 2 rings (SSSR count). The molecule has 0 aliphatic rings. The molecular weight excluding hydrogens is 258 g/mol. The number of rotatable bonds is 5. The first kappa shape index (κ1) is 14.0. The molecule has 0 fully saturated rings. The summed E-state index contributed by atoms with van der Waals surface area (Å²) in [6.45, 7) is 6.38. The lowest BCUT2D eigenvalue weighted by Crippen LogP contribution is -2.05. The lowest BCUT2D eigenvalue weighted by atomic mass is 10.1. The minimum atomic E-state index is -0.514. The largest absolute Gasteiger partial charge is 0.493 e. The fourth-order valence-corrected chi connectivity index (χ4v) is 2.71. The molecule has 1 N–H and O–H groups in total. The fourth-order valence-electron chi connectivity index (χ4n) is 1.95. The van der Waals surface area contributed by atoms with Gasteiger partial charge in [0.15, 0.2) is 0 Å². The van der Waals surface area contributed by atoms with Crippen LogP contribution >= 0.6 is 11.3 Å². The zero-order valence-corrected chi connectivity index (χ0v) is 12.3. The monoisotopic (exact) mass is 277 g/mol. The third-order valence-corrected chi connectivity index (χ3v) is 4.04. The first-order valence-electron chi connectivity index (χ1n) is 6.38. The second-order valence-electron chi connectivity index (χ2n) is 4.68. The van der Waals surface area contributed by atoms with Gasteiger partial charge in [0.25, 0.3) is 0 Å². The van der Waals surface area contributed by atoms with Gasteiger partial charge in [-0.1, -0.05) is 11.6 Å². The van der Waals surface area contributed by atoms with Gasteiger partial charge in [0, 0.05) is 16.9 Å². The van der Waals surface area contributed by atoms with Crippen molar-refractivity contribution >= 4 is 11.3 Å². The molecule has 0 amide bonds. The third-order valence-electron chi connectivity index (χ3n) is 3.05. The number of aromatic nitrogens is 1. The Bertz CT molecular complexity index is 549. The van der Waals surface area contributed by atoms with Gasteiger partial charge in [-0.05, 0) is 32.9 Å². The number of ether oxygens (including phenoxy) is 1. The molecule has 2 aromatic rings. The molecule has 1 aromatic heterocycles. The van der Waals surface area contributed by atoms with E-state index in [0.717, 1.165) is 29.0 Å². The van der Waals surface area contributed by atoms with E-state index in [0.29, 0.717) is 6.61 Å². The second kappa shape index (κ2) is 6.17. The molecule has 0 unspecified atom stereocenters. The summed E-state index contributed by atoms with van der Waals surface area (Å²) in [6, 6.07) is 5.90. The number of aliphatic hydroxyl groups is 1. The van der Waals surface area contributed by atoms with Crippen LogP contribution in [0, 0.1) is 13.8 Å². The highest BCUT2D eigenvalue weighted by atomic mass is 32.1. The molecule has 1 heterocycles. The Hall–Kier alpha value is -1.39. The van der Waals surface area contributed by atoms with Crippen LogP contribution in [-0.2, 0) is 6.42 Å². The number of aliphatic hydroxyl groups excluding tert-OH is 1. The minimum Gasteiger partial charge on any atom is -0.493 e. The van der Waals surface area contributed by atoms with Crippen LogP contribution in [0.4, 0.5) is 0 Å². The van der Waals surface area contributed by atoms with Gasteiger partial charge in [-0.2, -0.15) is 0 Å². The van der Waals surface area contributed by atoms with Crippen molar-refractivity contribution in [1.82, 2.24) is 4.98 Å². The van der Waals surface area contributed by atoms with Gasteiger partial charge < -0.3 is 9.84 Å². The Morgan fingerprint density at radius 3 is 2.79 bits per heavy atom. The molecule has 0 saturated carbocycles. The Labute approximate surface area is 117 Å². The summed E-state index contributed by atoms with van der Waals surface area (Å²) in [7, 11) is 0. The molecule has 1 aromatic carbocycles. The smallest absolute Gasteiger partial charge is 0.125 e. The van der Waals surface area contributed by atoms with Gasteiger partial charge in [0.05, 0.1) is 23.9 Å². The maximum Gasteiger partial charge on any atom is 0.125 e. The highest BCUT2D eigenvalue weighted by Crippen LogP contribution is 2.26. The average Bonchev–Trinajstić information content (AvgIpc) is 2.77. The summed E-state index contributed by atoms with van der Waals surface area (Å²) in [4.78, 5) is 5.48. The van der Waals surface area contributed by atoms with Crippen molar-refractivity contribution < 1.29 is 9.84 Å². The lowest BCUT2D eigenvalue weighted by Gasteiger charge is -2.14. The molecular formula is C15H19NO2S. The van der Waals surface area contributed by atoms with Crippen molar-refractivity contribution in [3.8, 4) is 5.75 Å². The molecule has 102 valence electrons. The molecule has 3 nitrogen and oxygen atoms in total. The van der Waals surface area contributed by atoms with E-state index in [1.54, 1.807) is 18.3 Å². The van der Waals surface area contributed by atoms with Gasteiger partial charge in [-0.15, -0.1) is 11.3 Å². The van der Waals surface area contributed by atoms with Crippen LogP contribution in [0.2, 0.25) is 0 Å². The van der Waals surface area contributed by atoms with Crippen molar-refractivity contribution in [2.45, 2.75) is 33.3 Å². The Morgan fingerprint density at radius 2 is 2.16 bits per heavy atom. The van der Waals surface area contributed by atoms with Gasteiger partial charge in [0.2, 0.25) is 0 Å². The first-order chi connectivity index (χ1) is 9.08. The molecule has 0 radical (unpaired) electrons. The number of aryl methyl sites for hydroxylation is 2. The number of hydrogen-bond donors (Lipinski definition) is 1. The van der Waals surface area contributed by atoms with E-state index in [2.05, 4.69) is 4.98 Å². The Balaban J connectivity index is 2.01. The predicted molar refractivity (Wildman–Crippen MR) is 77.9 cm³/mol. The summed E-state index contributed by atoms with van der Waals surface area (Å²) in [5, 5.41) is 9.77. The van der Waals surface area contributed by atoms with E-state index in [-0.39, 0.29) is 0 Å². The van der Waals surface area contributed by atoms with E-state index in [4.69, 9.17) is 4.74 Å². The SMILES string of the molecule is Cc1ccc(OCCc2scnc2C)c([C@H](C)O)c1.